The Hall–Kier alpha value is -3.42. The minimum absolute atomic E-state index is 0.0563. The van der Waals surface area contributed by atoms with Crippen LogP contribution in [0.25, 0.3) is 0 Å². The molecule has 0 saturated carbocycles. The number of hydrogen-bond donors (Lipinski definition) is 2. The third-order valence-electron chi connectivity index (χ3n) is 3.79. The minimum atomic E-state index is -0.816. The van der Waals surface area contributed by atoms with Crippen molar-refractivity contribution in [2.45, 2.75) is 6.42 Å². The number of methoxy groups -OCH3 is 1. The molecule has 27 heavy (non-hydrogen) atoms. The fourth-order valence-corrected chi connectivity index (χ4v) is 2.46. The summed E-state index contributed by atoms with van der Waals surface area (Å²) in [5.74, 6) is -0.0639. The third-order valence-corrected chi connectivity index (χ3v) is 3.79. The van der Waals surface area contributed by atoms with Gasteiger partial charge < -0.3 is 29.4 Å². The van der Waals surface area contributed by atoms with E-state index in [1.165, 1.54) is 25.3 Å². The van der Waals surface area contributed by atoms with Crippen LogP contribution in [0.4, 0.5) is 5.69 Å². The normalized spacial score (nSPS) is 12.6. The van der Waals surface area contributed by atoms with E-state index >= 15 is 0 Å². The standard InChI is InChI=1S/C19H19NO7/c1-24-13-4-5-14(15(21)10-13)19(23)27-11-18(22)20-12-3-6-16-17(9-12)26-8-2-7-25-16/h3-6,9-10,21H,2,7-8,11H2,1H3,(H,20,22). The number of phenolic OH excluding ortho intramolecular Hbond substituents is 1. The van der Waals surface area contributed by atoms with E-state index in [2.05, 4.69) is 5.32 Å². The molecule has 1 aliphatic heterocycles. The number of phenols is 1. The van der Waals surface area contributed by atoms with Crippen LogP contribution in [0.15, 0.2) is 36.4 Å². The van der Waals surface area contributed by atoms with E-state index in [1.807, 2.05) is 0 Å². The average Bonchev–Trinajstić information content (AvgIpc) is 2.91. The summed E-state index contributed by atoms with van der Waals surface area (Å²) in [5.41, 5.74) is 0.437. The molecule has 3 rings (SSSR count). The number of hydrogen-bond acceptors (Lipinski definition) is 7. The molecule has 1 amide bonds. The van der Waals surface area contributed by atoms with Crippen molar-refractivity contribution in [2.24, 2.45) is 0 Å². The zero-order chi connectivity index (χ0) is 19.2. The molecule has 2 N–H and O–H groups in total. The van der Waals surface area contributed by atoms with Gasteiger partial charge in [0.15, 0.2) is 18.1 Å². The van der Waals surface area contributed by atoms with E-state index in [4.69, 9.17) is 18.9 Å². The number of fused-ring (bicyclic) bond motifs is 1. The molecule has 0 aromatic heterocycles. The van der Waals surface area contributed by atoms with Gasteiger partial charge in [0, 0.05) is 24.2 Å². The van der Waals surface area contributed by atoms with Gasteiger partial charge in [-0.15, -0.1) is 0 Å². The molecule has 0 spiro atoms. The summed E-state index contributed by atoms with van der Waals surface area (Å²) >= 11 is 0. The summed E-state index contributed by atoms with van der Waals surface area (Å²) < 4.78 is 21.0. The second-order valence-corrected chi connectivity index (χ2v) is 5.72. The highest BCUT2D eigenvalue weighted by atomic mass is 16.5. The molecule has 1 heterocycles. The van der Waals surface area contributed by atoms with Gasteiger partial charge in [-0.05, 0) is 24.3 Å². The number of esters is 1. The highest BCUT2D eigenvalue weighted by molar-refractivity contribution is 5.97. The first-order chi connectivity index (χ1) is 13.1. The molecule has 2 aromatic rings. The van der Waals surface area contributed by atoms with Crippen LogP contribution in [0, 0.1) is 0 Å². The molecule has 0 saturated heterocycles. The van der Waals surface area contributed by atoms with Gasteiger partial charge in [0.2, 0.25) is 0 Å². The van der Waals surface area contributed by atoms with Crippen LogP contribution in [0.5, 0.6) is 23.0 Å². The minimum Gasteiger partial charge on any atom is -0.507 e. The van der Waals surface area contributed by atoms with Gasteiger partial charge in [0.1, 0.15) is 17.1 Å². The molecule has 8 nitrogen and oxygen atoms in total. The molecule has 2 aromatic carbocycles. The van der Waals surface area contributed by atoms with E-state index in [-0.39, 0.29) is 11.3 Å². The van der Waals surface area contributed by atoms with E-state index in [0.29, 0.717) is 36.1 Å². The predicted octanol–water partition coefficient (Wildman–Crippen LogP) is 2.36. The summed E-state index contributed by atoms with van der Waals surface area (Å²) in [6, 6.07) is 9.18. The first-order valence-corrected chi connectivity index (χ1v) is 8.30. The molecular weight excluding hydrogens is 354 g/mol. The number of benzene rings is 2. The first kappa shape index (κ1) is 18.4. The monoisotopic (exact) mass is 373 g/mol. The molecule has 8 heteroatoms. The Bertz CT molecular complexity index is 850. The number of aromatic hydroxyl groups is 1. The number of carbonyl (C=O) groups is 2. The molecule has 0 unspecified atom stereocenters. The lowest BCUT2D eigenvalue weighted by Gasteiger charge is -2.11. The summed E-state index contributed by atoms with van der Waals surface area (Å²) in [6.07, 6.45) is 0.782. The summed E-state index contributed by atoms with van der Waals surface area (Å²) in [5, 5.41) is 12.4. The van der Waals surface area contributed by atoms with Crippen molar-refractivity contribution in [3.05, 3.63) is 42.0 Å². The SMILES string of the molecule is COc1ccc(C(=O)OCC(=O)Nc2ccc3c(c2)OCCCO3)c(O)c1. The third kappa shape index (κ3) is 4.60. The van der Waals surface area contributed by atoms with Crippen molar-refractivity contribution in [3.63, 3.8) is 0 Å². The van der Waals surface area contributed by atoms with Gasteiger partial charge in [0.05, 0.1) is 20.3 Å². The zero-order valence-corrected chi connectivity index (χ0v) is 14.7. The molecule has 142 valence electrons. The van der Waals surface area contributed by atoms with Crippen LogP contribution < -0.4 is 19.5 Å². The maximum Gasteiger partial charge on any atom is 0.342 e. The number of ether oxygens (including phenoxy) is 4. The van der Waals surface area contributed by atoms with Crippen molar-refractivity contribution in [1.82, 2.24) is 0 Å². The molecular formula is C19H19NO7. The Labute approximate surface area is 155 Å². The average molecular weight is 373 g/mol. The van der Waals surface area contributed by atoms with Crippen molar-refractivity contribution in [3.8, 4) is 23.0 Å². The van der Waals surface area contributed by atoms with Gasteiger partial charge in [-0.2, -0.15) is 0 Å². The first-order valence-electron chi connectivity index (χ1n) is 8.30. The van der Waals surface area contributed by atoms with Crippen LogP contribution in [-0.2, 0) is 9.53 Å². The Kier molecular flexibility index (Phi) is 5.65. The molecule has 0 bridgehead atoms. The van der Waals surface area contributed by atoms with Crippen molar-refractivity contribution < 1.29 is 33.6 Å². The van der Waals surface area contributed by atoms with E-state index in [0.717, 1.165) is 6.42 Å². The summed E-state index contributed by atoms with van der Waals surface area (Å²) in [6.45, 7) is 0.610. The van der Waals surface area contributed by atoms with Crippen LogP contribution in [-0.4, -0.2) is 43.9 Å². The Balaban J connectivity index is 1.57. The molecule has 0 atom stereocenters. The lowest BCUT2D eigenvalue weighted by atomic mass is 10.2. The number of nitrogens with one attached hydrogen (secondary N) is 1. The van der Waals surface area contributed by atoms with Crippen molar-refractivity contribution in [1.29, 1.82) is 0 Å². The maximum absolute atomic E-state index is 12.0. The fraction of sp³-hybridized carbons (Fsp3) is 0.263. The van der Waals surface area contributed by atoms with Gasteiger partial charge in [-0.3, -0.25) is 4.79 Å². The lowest BCUT2D eigenvalue weighted by Crippen LogP contribution is -2.21. The van der Waals surface area contributed by atoms with Crippen LogP contribution in [0.3, 0.4) is 0 Å². The second kappa shape index (κ2) is 8.31. The van der Waals surface area contributed by atoms with Gasteiger partial charge in [0.25, 0.3) is 5.91 Å². The van der Waals surface area contributed by atoms with Crippen molar-refractivity contribution >= 4 is 17.6 Å². The van der Waals surface area contributed by atoms with Crippen LogP contribution >= 0.6 is 0 Å². The maximum atomic E-state index is 12.0. The Morgan fingerprint density at radius 2 is 1.89 bits per heavy atom. The Morgan fingerprint density at radius 3 is 2.63 bits per heavy atom. The lowest BCUT2D eigenvalue weighted by molar-refractivity contribution is -0.119. The predicted molar refractivity (Wildman–Crippen MR) is 95.6 cm³/mol. The molecule has 0 radical (unpaired) electrons. The quantitative estimate of drug-likeness (QED) is 0.776. The van der Waals surface area contributed by atoms with E-state index in [1.54, 1.807) is 18.2 Å². The molecule has 0 aliphatic carbocycles. The van der Waals surface area contributed by atoms with Gasteiger partial charge in [-0.1, -0.05) is 0 Å². The largest absolute Gasteiger partial charge is 0.507 e. The molecule has 1 aliphatic rings. The van der Waals surface area contributed by atoms with Crippen molar-refractivity contribution in [2.75, 3.05) is 32.2 Å². The number of rotatable bonds is 5. The van der Waals surface area contributed by atoms with E-state index < -0.39 is 18.5 Å². The van der Waals surface area contributed by atoms with Crippen LogP contribution in [0.2, 0.25) is 0 Å². The smallest absolute Gasteiger partial charge is 0.342 e. The van der Waals surface area contributed by atoms with Gasteiger partial charge >= 0.3 is 5.97 Å². The number of anilines is 1. The summed E-state index contributed by atoms with van der Waals surface area (Å²) in [4.78, 5) is 24.0. The van der Waals surface area contributed by atoms with Gasteiger partial charge in [-0.25, -0.2) is 4.79 Å². The topological polar surface area (TPSA) is 103 Å². The second-order valence-electron chi connectivity index (χ2n) is 5.72. The zero-order valence-electron chi connectivity index (χ0n) is 14.7. The Morgan fingerprint density at radius 1 is 1.11 bits per heavy atom. The fourth-order valence-electron chi connectivity index (χ4n) is 2.46. The molecule has 0 fully saturated rings. The number of carbonyl (C=O) groups excluding carboxylic acids is 2. The number of amides is 1. The van der Waals surface area contributed by atoms with Crippen LogP contribution in [0.1, 0.15) is 16.8 Å². The van der Waals surface area contributed by atoms with E-state index in [9.17, 15) is 14.7 Å². The highest BCUT2D eigenvalue weighted by Crippen LogP contribution is 2.32. The highest BCUT2D eigenvalue weighted by Gasteiger charge is 2.16. The summed E-state index contributed by atoms with van der Waals surface area (Å²) in [7, 11) is 1.44.